The zero-order chi connectivity index (χ0) is 24.4. The first kappa shape index (κ1) is 25.8. The third-order valence-electron chi connectivity index (χ3n) is 4.33. The van der Waals surface area contributed by atoms with Crippen LogP contribution in [0.25, 0.3) is 0 Å². The van der Waals surface area contributed by atoms with Crippen LogP contribution >= 0.6 is 0 Å². The molecule has 2 aromatic rings. The second-order valence-electron chi connectivity index (χ2n) is 7.34. The molecule has 0 spiro atoms. The van der Waals surface area contributed by atoms with E-state index in [-0.39, 0.29) is 24.1 Å². The summed E-state index contributed by atoms with van der Waals surface area (Å²) in [7, 11) is 1.61. The van der Waals surface area contributed by atoms with Gasteiger partial charge in [-0.1, -0.05) is 31.2 Å². The number of rotatable bonds is 10. The Morgan fingerprint density at radius 3 is 2.39 bits per heavy atom. The minimum atomic E-state index is -4.75. The minimum absolute atomic E-state index is 0.125. The molecule has 1 unspecified atom stereocenters. The lowest BCUT2D eigenvalue weighted by Gasteiger charge is -2.11. The van der Waals surface area contributed by atoms with Gasteiger partial charge in [0.15, 0.2) is 0 Å². The number of carbonyl (C=O) groups is 1. The lowest BCUT2D eigenvalue weighted by atomic mass is 10.1. The maximum Gasteiger partial charge on any atom is 0.573 e. The molecular weight excluding hydrogens is 437 g/mol. The predicted octanol–water partition coefficient (Wildman–Crippen LogP) is 5.07. The lowest BCUT2D eigenvalue weighted by molar-refractivity contribution is -0.274. The van der Waals surface area contributed by atoms with Gasteiger partial charge in [0.1, 0.15) is 17.2 Å². The van der Waals surface area contributed by atoms with Crippen molar-refractivity contribution in [1.29, 1.82) is 0 Å². The molecule has 0 fully saturated rings. The number of hydrogen-bond donors (Lipinski definition) is 2. The summed E-state index contributed by atoms with van der Waals surface area (Å²) in [6, 6.07) is 12.0. The highest BCUT2D eigenvalue weighted by Gasteiger charge is 2.31. The van der Waals surface area contributed by atoms with Crippen molar-refractivity contribution in [1.82, 2.24) is 5.32 Å². The van der Waals surface area contributed by atoms with Gasteiger partial charge in [-0.25, -0.2) is 0 Å². The van der Waals surface area contributed by atoms with Crippen LogP contribution in [0.4, 0.5) is 13.2 Å². The fraction of sp³-hybridized carbons (Fsp3) is 0.292. The van der Waals surface area contributed by atoms with E-state index in [2.05, 4.69) is 10.1 Å². The number of allylic oxidation sites excluding steroid dienone is 1. The van der Waals surface area contributed by atoms with Crippen molar-refractivity contribution in [3.05, 3.63) is 77.5 Å². The lowest BCUT2D eigenvalue weighted by Crippen LogP contribution is -2.25. The number of amides is 1. The van der Waals surface area contributed by atoms with E-state index in [1.807, 2.05) is 19.1 Å². The van der Waals surface area contributed by atoms with Crippen molar-refractivity contribution < 1.29 is 32.2 Å². The molecule has 1 amide bonds. The summed E-state index contributed by atoms with van der Waals surface area (Å²) in [6.45, 7) is 4.37. The van der Waals surface area contributed by atoms with Crippen molar-refractivity contribution in [3.63, 3.8) is 0 Å². The van der Waals surface area contributed by atoms with E-state index in [4.69, 9.17) is 15.2 Å². The average molecular weight is 464 g/mol. The molecule has 0 saturated carbocycles. The number of nitrogens with two attached hydrogens (primary N) is 1. The largest absolute Gasteiger partial charge is 0.573 e. The molecule has 2 rings (SSSR count). The molecule has 33 heavy (non-hydrogen) atoms. The number of hydrogen-bond acceptors (Lipinski definition) is 5. The van der Waals surface area contributed by atoms with Crippen LogP contribution in [-0.4, -0.2) is 26.0 Å². The van der Waals surface area contributed by atoms with Crippen molar-refractivity contribution in [2.45, 2.75) is 26.8 Å². The van der Waals surface area contributed by atoms with Gasteiger partial charge < -0.3 is 25.3 Å². The summed E-state index contributed by atoms with van der Waals surface area (Å²) >= 11 is 0. The smallest absolute Gasteiger partial charge is 0.457 e. The molecule has 0 radical (unpaired) electrons. The molecule has 3 N–H and O–H groups in total. The van der Waals surface area contributed by atoms with Crippen LogP contribution in [0.2, 0.25) is 0 Å². The number of benzene rings is 2. The number of methoxy groups -OCH3 is 1. The molecule has 0 aliphatic carbocycles. The predicted molar refractivity (Wildman–Crippen MR) is 119 cm³/mol. The Balaban J connectivity index is 1.99. The Hall–Kier alpha value is -3.46. The Morgan fingerprint density at radius 2 is 1.79 bits per heavy atom. The van der Waals surface area contributed by atoms with Gasteiger partial charge in [-0.2, -0.15) is 0 Å². The van der Waals surface area contributed by atoms with Crippen molar-refractivity contribution in [3.8, 4) is 17.2 Å². The van der Waals surface area contributed by atoms with Gasteiger partial charge in [-0.3, -0.25) is 4.79 Å². The van der Waals surface area contributed by atoms with Gasteiger partial charge in [0, 0.05) is 19.4 Å². The van der Waals surface area contributed by atoms with E-state index in [9.17, 15) is 18.0 Å². The highest BCUT2D eigenvalue weighted by molar-refractivity contribution is 5.96. The van der Waals surface area contributed by atoms with E-state index >= 15 is 0 Å². The molecule has 1 atom stereocenters. The van der Waals surface area contributed by atoms with Crippen molar-refractivity contribution >= 4 is 5.91 Å². The number of halogens is 3. The highest BCUT2D eigenvalue weighted by atomic mass is 19.4. The van der Waals surface area contributed by atoms with Crippen LogP contribution in [0.3, 0.4) is 0 Å². The second kappa shape index (κ2) is 12.0. The molecule has 0 saturated heterocycles. The minimum Gasteiger partial charge on any atom is -0.457 e. The standard InChI is InChI=1S/C24H27F3N2O4/c1-16(15-31-3)7-12-22(17(2)28)23(30)29-14-18-5-4-6-21(13-18)32-19-8-10-20(11-9-19)33-24(25,26)27/h4-13,16H,14-15,28H2,1-3H3,(H,29,30)/b12-7-,22-17-. The van der Waals surface area contributed by atoms with E-state index in [0.29, 0.717) is 29.4 Å². The Morgan fingerprint density at radius 1 is 1.12 bits per heavy atom. The van der Waals surface area contributed by atoms with E-state index < -0.39 is 6.36 Å². The van der Waals surface area contributed by atoms with Crippen LogP contribution < -0.4 is 20.5 Å². The maximum atomic E-state index is 12.6. The fourth-order valence-corrected chi connectivity index (χ4v) is 2.81. The molecular formula is C24H27F3N2O4. The second-order valence-corrected chi connectivity index (χ2v) is 7.34. The first-order valence-electron chi connectivity index (χ1n) is 10.1. The van der Waals surface area contributed by atoms with Crippen molar-refractivity contribution in [2.24, 2.45) is 11.7 Å². The van der Waals surface area contributed by atoms with Gasteiger partial charge in [0.25, 0.3) is 5.91 Å². The van der Waals surface area contributed by atoms with Crippen molar-refractivity contribution in [2.75, 3.05) is 13.7 Å². The molecule has 178 valence electrons. The summed E-state index contributed by atoms with van der Waals surface area (Å²) in [4.78, 5) is 12.6. The van der Waals surface area contributed by atoms with Gasteiger partial charge in [-0.05, 0) is 54.8 Å². The summed E-state index contributed by atoms with van der Waals surface area (Å²) in [5.41, 5.74) is 7.39. The quantitative estimate of drug-likeness (QED) is 0.379. The Kier molecular flexibility index (Phi) is 9.35. The first-order chi connectivity index (χ1) is 15.6. The van der Waals surface area contributed by atoms with Gasteiger partial charge in [0.05, 0.1) is 12.2 Å². The number of carbonyl (C=O) groups excluding carboxylic acids is 1. The van der Waals surface area contributed by atoms with Gasteiger partial charge in [-0.15, -0.1) is 13.2 Å². The molecule has 0 aromatic heterocycles. The topological polar surface area (TPSA) is 82.8 Å². The Labute approximate surface area is 190 Å². The van der Waals surface area contributed by atoms with Gasteiger partial charge >= 0.3 is 6.36 Å². The zero-order valence-corrected chi connectivity index (χ0v) is 18.6. The SMILES string of the molecule is COCC(C)/C=C\C(C(=O)NCc1cccc(Oc2ccc(OC(F)(F)F)cc2)c1)=C(/C)N. The highest BCUT2D eigenvalue weighted by Crippen LogP contribution is 2.27. The monoisotopic (exact) mass is 464 g/mol. The van der Waals surface area contributed by atoms with E-state index in [1.165, 1.54) is 12.1 Å². The first-order valence-corrected chi connectivity index (χ1v) is 10.1. The molecule has 6 nitrogen and oxygen atoms in total. The third-order valence-corrected chi connectivity index (χ3v) is 4.33. The Bertz CT molecular complexity index is 982. The van der Waals surface area contributed by atoms with Crippen LogP contribution in [0.15, 0.2) is 72.0 Å². The number of ether oxygens (including phenoxy) is 3. The summed E-state index contributed by atoms with van der Waals surface area (Å²) in [5, 5.41) is 2.82. The molecule has 0 heterocycles. The van der Waals surface area contributed by atoms with Gasteiger partial charge in [0.2, 0.25) is 0 Å². The van der Waals surface area contributed by atoms with E-state index in [1.54, 1.807) is 38.3 Å². The molecule has 0 aliphatic heterocycles. The van der Waals surface area contributed by atoms with Crippen LogP contribution in [0.1, 0.15) is 19.4 Å². The zero-order valence-electron chi connectivity index (χ0n) is 18.6. The van der Waals surface area contributed by atoms with Crippen LogP contribution in [-0.2, 0) is 16.1 Å². The van der Waals surface area contributed by atoms with Crippen LogP contribution in [0.5, 0.6) is 17.2 Å². The summed E-state index contributed by atoms with van der Waals surface area (Å²) in [5.74, 6) is 0.272. The molecule has 2 aromatic carbocycles. The number of nitrogens with one attached hydrogen (secondary N) is 1. The fourth-order valence-electron chi connectivity index (χ4n) is 2.81. The average Bonchev–Trinajstić information content (AvgIpc) is 2.73. The summed E-state index contributed by atoms with van der Waals surface area (Å²) in [6.07, 6.45) is -1.22. The number of alkyl halides is 3. The molecule has 0 bridgehead atoms. The normalized spacial score (nSPS) is 13.4. The maximum absolute atomic E-state index is 12.6. The third kappa shape index (κ3) is 9.28. The molecule has 0 aliphatic rings. The van der Waals surface area contributed by atoms with E-state index in [0.717, 1.165) is 17.7 Å². The van der Waals surface area contributed by atoms with Crippen LogP contribution in [0, 0.1) is 5.92 Å². The molecule has 9 heteroatoms. The summed E-state index contributed by atoms with van der Waals surface area (Å²) < 4.78 is 51.4.